The molecule has 21 heavy (non-hydrogen) atoms. The molecule has 0 amide bonds. The number of aliphatic imine (C=N–C) groups is 1. The first kappa shape index (κ1) is 15.0. The van der Waals surface area contributed by atoms with Gasteiger partial charge in [0.25, 0.3) is 0 Å². The Labute approximate surface area is 125 Å². The van der Waals surface area contributed by atoms with Crippen LogP contribution in [0, 0.1) is 12.8 Å². The second-order valence-corrected chi connectivity index (χ2v) is 5.31. The highest BCUT2D eigenvalue weighted by molar-refractivity contribution is 5.77. The van der Waals surface area contributed by atoms with Gasteiger partial charge in [-0.15, -0.1) is 0 Å². The van der Waals surface area contributed by atoms with Crippen LogP contribution in [0.2, 0.25) is 0 Å². The third-order valence-corrected chi connectivity index (χ3v) is 3.03. The molecule has 2 heterocycles. The Bertz CT molecular complexity index is 614. The number of imidazole rings is 1. The largest absolute Gasteiger partial charge is 0.370 e. The number of aromatic nitrogens is 3. The van der Waals surface area contributed by atoms with Crippen LogP contribution in [0.3, 0.4) is 0 Å². The van der Waals surface area contributed by atoms with Crippen molar-refractivity contribution in [1.82, 2.24) is 19.9 Å². The van der Waals surface area contributed by atoms with Crippen molar-refractivity contribution >= 4 is 5.96 Å². The van der Waals surface area contributed by atoms with Crippen LogP contribution in [0.1, 0.15) is 25.2 Å². The number of hydrogen-bond donors (Lipinski definition) is 2. The molecule has 0 atom stereocenters. The molecule has 0 fully saturated rings. The fraction of sp³-hybridized carbons (Fsp3) is 0.400. The number of guanidine groups is 1. The Kier molecular flexibility index (Phi) is 4.92. The van der Waals surface area contributed by atoms with Crippen molar-refractivity contribution in [3.8, 4) is 5.82 Å². The summed E-state index contributed by atoms with van der Waals surface area (Å²) in [6.07, 6.45) is 5.42. The zero-order chi connectivity index (χ0) is 15.2. The molecule has 6 nitrogen and oxygen atoms in total. The van der Waals surface area contributed by atoms with Crippen molar-refractivity contribution in [2.45, 2.75) is 27.3 Å². The quantitative estimate of drug-likeness (QED) is 0.646. The van der Waals surface area contributed by atoms with E-state index in [0.717, 1.165) is 23.8 Å². The van der Waals surface area contributed by atoms with Gasteiger partial charge in [0, 0.05) is 30.7 Å². The predicted octanol–water partition coefficient (Wildman–Crippen LogP) is 1.64. The monoisotopic (exact) mass is 286 g/mol. The average molecular weight is 286 g/mol. The van der Waals surface area contributed by atoms with Gasteiger partial charge in [-0.3, -0.25) is 4.57 Å². The molecule has 2 aromatic heterocycles. The lowest BCUT2D eigenvalue weighted by Crippen LogP contribution is -2.34. The number of aryl methyl sites for hydroxylation is 1. The third kappa shape index (κ3) is 4.05. The molecule has 0 aliphatic rings. The van der Waals surface area contributed by atoms with Gasteiger partial charge in [0.1, 0.15) is 11.6 Å². The van der Waals surface area contributed by atoms with Crippen molar-refractivity contribution in [1.29, 1.82) is 0 Å². The van der Waals surface area contributed by atoms with Gasteiger partial charge in [-0.25, -0.2) is 15.0 Å². The maximum atomic E-state index is 5.87. The fourth-order valence-corrected chi connectivity index (χ4v) is 1.91. The van der Waals surface area contributed by atoms with Crippen LogP contribution >= 0.6 is 0 Å². The van der Waals surface area contributed by atoms with E-state index in [0.29, 0.717) is 18.4 Å². The van der Waals surface area contributed by atoms with E-state index in [9.17, 15) is 0 Å². The number of nitrogens with one attached hydrogen (secondary N) is 1. The van der Waals surface area contributed by atoms with Crippen LogP contribution in [0.5, 0.6) is 0 Å². The van der Waals surface area contributed by atoms with Gasteiger partial charge in [0.2, 0.25) is 0 Å². The summed E-state index contributed by atoms with van der Waals surface area (Å²) >= 11 is 0. The summed E-state index contributed by atoms with van der Waals surface area (Å²) in [6, 6.07) is 3.90. The van der Waals surface area contributed by atoms with Gasteiger partial charge in [-0.2, -0.15) is 0 Å². The van der Waals surface area contributed by atoms with Crippen LogP contribution < -0.4 is 11.1 Å². The average Bonchev–Trinajstić information content (AvgIpc) is 2.89. The Hall–Kier alpha value is -2.37. The van der Waals surface area contributed by atoms with E-state index in [1.54, 1.807) is 12.4 Å². The summed E-state index contributed by atoms with van der Waals surface area (Å²) < 4.78 is 1.95. The van der Waals surface area contributed by atoms with Gasteiger partial charge in [-0.05, 0) is 18.9 Å². The SMILES string of the molecule is Cc1nccn1-c1ncccc1CN=C(N)NCC(C)C. The fourth-order valence-electron chi connectivity index (χ4n) is 1.91. The number of nitrogens with zero attached hydrogens (tertiary/aromatic N) is 4. The number of rotatable bonds is 5. The van der Waals surface area contributed by atoms with E-state index in [1.165, 1.54) is 0 Å². The van der Waals surface area contributed by atoms with Crippen LogP contribution in [-0.4, -0.2) is 27.0 Å². The first-order valence-corrected chi connectivity index (χ1v) is 7.06. The van der Waals surface area contributed by atoms with Crippen molar-refractivity contribution in [2.24, 2.45) is 16.6 Å². The predicted molar refractivity (Wildman–Crippen MR) is 84.3 cm³/mol. The minimum absolute atomic E-state index is 0.459. The van der Waals surface area contributed by atoms with Gasteiger partial charge in [0.15, 0.2) is 5.96 Å². The highest BCUT2D eigenvalue weighted by Gasteiger charge is 2.07. The Morgan fingerprint density at radius 1 is 1.38 bits per heavy atom. The minimum atomic E-state index is 0.459. The van der Waals surface area contributed by atoms with E-state index in [-0.39, 0.29) is 0 Å². The molecular formula is C15H22N6. The molecular weight excluding hydrogens is 264 g/mol. The molecule has 0 aliphatic carbocycles. The maximum absolute atomic E-state index is 5.87. The van der Waals surface area contributed by atoms with Crippen LogP contribution in [-0.2, 0) is 6.54 Å². The second-order valence-electron chi connectivity index (χ2n) is 5.31. The van der Waals surface area contributed by atoms with Crippen LogP contribution in [0.25, 0.3) is 5.82 Å². The lowest BCUT2D eigenvalue weighted by atomic mass is 10.2. The van der Waals surface area contributed by atoms with Gasteiger partial charge in [-0.1, -0.05) is 19.9 Å². The molecule has 0 aromatic carbocycles. The molecule has 0 spiro atoms. The third-order valence-electron chi connectivity index (χ3n) is 3.03. The Morgan fingerprint density at radius 2 is 2.19 bits per heavy atom. The minimum Gasteiger partial charge on any atom is -0.370 e. The van der Waals surface area contributed by atoms with E-state index in [2.05, 4.69) is 34.1 Å². The molecule has 0 radical (unpaired) electrons. The van der Waals surface area contributed by atoms with E-state index in [4.69, 9.17) is 5.73 Å². The molecule has 0 saturated heterocycles. The zero-order valence-electron chi connectivity index (χ0n) is 12.7. The highest BCUT2D eigenvalue weighted by atomic mass is 15.1. The summed E-state index contributed by atoms with van der Waals surface area (Å²) in [5.74, 6) is 2.72. The first-order chi connectivity index (χ1) is 10.1. The molecule has 2 aromatic rings. The molecule has 2 rings (SSSR count). The zero-order valence-corrected chi connectivity index (χ0v) is 12.7. The highest BCUT2D eigenvalue weighted by Crippen LogP contribution is 2.14. The van der Waals surface area contributed by atoms with Crippen molar-refractivity contribution in [2.75, 3.05) is 6.54 Å². The molecule has 0 aliphatic heterocycles. The lowest BCUT2D eigenvalue weighted by molar-refractivity contribution is 0.621. The normalized spacial score (nSPS) is 11.9. The number of pyridine rings is 1. The second kappa shape index (κ2) is 6.88. The molecule has 6 heteroatoms. The lowest BCUT2D eigenvalue weighted by Gasteiger charge is -2.10. The summed E-state index contributed by atoms with van der Waals surface area (Å²) in [5.41, 5.74) is 6.88. The number of hydrogen-bond acceptors (Lipinski definition) is 3. The molecule has 0 unspecified atom stereocenters. The number of nitrogens with two attached hydrogens (primary N) is 1. The van der Waals surface area contributed by atoms with Crippen LogP contribution in [0.4, 0.5) is 0 Å². The summed E-state index contributed by atoms with van der Waals surface area (Å²) in [6.45, 7) is 7.50. The Morgan fingerprint density at radius 3 is 2.86 bits per heavy atom. The standard InChI is InChI=1S/C15H22N6/c1-11(2)9-19-15(16)20-10-13-5-4-6-18-14(13)21-8-7-17-12(21)3/h4-8,11H,9-10H2,1-3H3,(H3,16,19,20). The summed E-state index contributed by atoms with van der Waals surface area (Å²) in [7, 11) is 0. The molecule has 0 saturated carbocycles. The molecule has 3 N–H and O–H groups in total. The van der Waals surface area contributed by atoms with Gasteiger partial charge >= 0.3 is 0 Å². The molecule has 0 bridgehead atoms. The van der Waals surface area contributed by atoms with Crippen molar-refractivity contribution in [3.63, 3.8) is 0 Å². The van der Waals surface area contributed by atoms with Gasteiger partial charge in [0.05, 0.1) is 6.54 Å². The van der Waals surface area contributed by atoms with E-state index < -0.39 is 0 Å². The maximum Gasteiger partial charge on any atom is 0.188 e. The summed E-state index contributed by atoms with van der Waals surface area (Å²) in [5, 5.41) is 3.11. The van der Waals surface area contributed by atoms with Gasteiger partial charge < -0.3 is 11.1 Å². The first-order valence-electron chi connectivity index (χ1n) is 7.06. The van der Waals surface area contributed by atoms with E-state index >= 15 is 0 Å². The topological polar surface area (TPSA) is 81.1 Å². The van der Waals surface area contributed by atoms with E-state index in [1.807, 2.05) is 29.8 Å². The van der Waals surface area contributed by atoms with Crippen molar-refractivity contribution < 1.29 is 0 Å². The van der Waals surface area contributed by atoms with Crippen molar-refractivity contribution in [3.05, 3.63) is 42.1 Å². The molecule has 112 valence electrons. The summed E-state index contributed by atoms with van der Waals surface area (Å²) in [4.78, 5) is 13.0. The Balaban J connectivity index is 2.14. The van der Waals surface area contributed by atoms with Crippen LogP contribution in [0.15, 0.2) is 35.7 Å². The smallest absolute Gasteiger partial charge is 0.188 e.